The summed E-state index contributed by atoms with van der Waals surface area (Å²) in [4.78, 5) is 0. The first-order valence-electron chi connectivity index (χ1n) is 5.00. The molecule has 1 aromatic carbocycles. The Morgan fingerprint density at radius 1 is 1.29 bits per heavy atom. The summed E-state index contributed by atoms with van der Waals surface area (Å²) < 4.78 is 2.01. The zero-order valence-corrected chi connectivity index (χ0v) is 11.0. The van der Waals surface area contributed by atoms with Crippen molar-refractivity contribution in [2.75, 3.05) is 0 Å². The standard InChI is InChI=1S/C11H12BrN3O2/c1-11(17,7-3-5-8(16)6-4-7)9-10(12)13-14-15(9)2/h3-6,16-17H,1-2H3. The molecule has 2 rings (SSSR count). The molecular formula is C11H12BrN3O2. The second-order valence-corrected chi connectivity index (χ2v) is 4.72. The summed E-state index contributed by atoms with van der Waals surface area (Å²) in [7, 11) is 1.71. The van der Waals surface area contributed by atoms with Gasteiger partial charge in [0.15, 0.2) is 4.60 Å². The van der Waals surface area contributed by atoms with Gasteiger partial charge in [-0.3, -0.25) is 0 Å². The van der Waals surface area contributed by atoms with Gasteiger partial charge in [-0.2, -0.15) is 0 Å². The average molecular weight is 298 g/mol. The van der Waals surface area contributed by atoms with Gasteiger partial charge in [0.1, 0.15) is 17.0 Å². The van der Waals surface area contributed by atoms with Gasteiger partial charge in [-0.05, 0) is 40.5 Å². The molecule has 0 aliphatic carbocycles. The van der Waals surface area contributed by atoms with Gasteiger partial charge in [0.2, 0.25) is 0 Å². The van der Waals surface area contributed by atoms with Crippen molar-refractivity contribution < 1.29 is 10.2 Å². The molecular weight excluding hydrogens is 286 g/mol. The molecule has 5 nitrogen and oxygen atoms in total. The molecule has 0 aliphatic rings. The lowest BCUT2D eigenvalue weighted by molar-refractivity contribution is 0.0920. The normalized spacial score (nSPS) is 14.6. The Morgan fingerprint density at radius 3 is 2.35 bits per heavy atom. The highest BCUT2D eigenvalue weighted by atomic mass is 79.9. The van der Waals surface area contributed by atoms with E-state index in [4.69, 9.17) is 0 Å². The molecule has 0 spiro atoms. The highest BCUT2D eigenvalue weighted by molar-refractivity contribution is 9.10. The number of halogens is 1. The predicted molar refractivity (Wildman–Crippen MR) is 65.5 cm³/mol. The zero-order valence-electron chi connectivity index (χ0n) is 9.42. The second kappa shape index (κ2) is 4.12. The van der Waals surface area contributed by atoms with Crippen molar-refractivity contribution >= 4 is 15.9 Å². The first-order valence-corrected chi connectivity index (χ1v) is 5.79. The van der Waals surface area contributed by atoms with Crippen molar-refractivity contribution in [1.29, 1.82) is 0 Å². The van der Waals surface area contributed by atoms with E-state index >= 15 is 0 Å². The maximum atomic E-state index is 10.6. The lowest BCUT2D eigenvalue weighted by Gasteiger charge is -2.23. The molecule has 0 amide bonds. The Bertz CT molecular complexity index is 515. The molecule has 2 N–H and O–H groups in total. The molecule has 0 saturated heterocycles. The Hall–Kier alpha value is -1.40. The topological polar surface area (TPSA) is 71.2 Å². The summed E-state index contributed by atoms with van der Waals surface area (Å²) >= 11 is 3.26. The maximum Gasteiger partial charge on any atom is 0.154 e. The number of hydrogen-bond acceptors (Lipinski definition) is 4. The zero-order chi connectivity index (χ0) is 12.6. The maximum absolute atomic E-state index is 10.6. The third kappa shape index (κ3) is 2.05. The van der Waals surface area contributed by atoms with Crippen LogP contribution < -0.4 is 0 Å². The molecule has 0 fully saturated rings. The fourth-order valence-corrected chi connectivity index (χ4v) is 2.48. The first-order chi connectivity index (χ1) is 7.93. The van der Waals surface area contributed by atoms with Gasteiger partial charge in [-0.25, -0.2) is 4.68 Å². The summed E-state index contributed by atoms with van der Waals surface area (Å²) in [6, 6.07) is 6.38. The Balaban J connectivity index is 2.53. The third-order valence-electron chi connectivity index (χ3n) is 2.68. The van der Waals surface area contributed by atoms with Crippen LogP contribution in [0.2, 0.25) is 0 Å². The number of benzene rings is 1. The number of aliphatic hydroxyl groups is 1. The van der Waals surface area contributed by atoms with Gasteiger partial charge >= 0.3 is 0 Å². The van der Waals surface area contributed by atoms with Crippen LogP contribution in [0.3, 0.4) is 0 Å². The van der Waals surface area contributed by atoms with Crippen LogP contribution in [-0.4, -0.2) is 25.2 Å². The quantitative estimate of drug-likeness (QED) is 0.882. The number of rotatable bonds is 2. The van der Waals surface area contributed by atoms with Crippen LogP contribution in [0.4, 0.5) is 0 Å². The molecule has 1 atom stereocenters. The lowest BCUT2D eigenvalue weighted by Crippen LogP contribution is -2.26. The van der Waals surface area contributed by atoms with Crippen LogP contribution in [0.25, 0.3) is 0 Å². The van der Waals surface area contributed by atoms with Gasteiger partial charge in [-0.15, -0.1) is 5.10 Å². The van der Waals surface area contributed by atoms with Gasteiger partial charge in [-0.1, -0.05) is 17.3 Å². The lowest BCUT2D eigenvalue weighted by atomic mass is 9.93. The van der Waals surface area contributed by atoms with Crippen molar-refractivity contribution in [3.63, 3.8) is 0 Å². The minimum atomic E-state index is -1.23. The molecule has 1 unspecified atom stereocenters. The molecule has 2 aromatic rings. The Morgan fingerprint density at radius 2 is 1.88 bits per heavy atom. The van der Waals surface area contributed by atoms with Gasteiger partial charge in [0.25, 0.3) is 0 Å². The molecule has 0 bridgehead atoms. The summed E-state index contributed by atoms with van der Waals surface area (Å²) in [5.74, 6) is 0.159. The van der Waals surface area contributed by atoms with Crippen LogP contribution in [0.15, 0.2) is 28.9 Å². The minimum absolute atomic E-state index is 0.159. The number of aromatic nitrogens is 3. The van der Waals surface area contributed by atoms with E-state index in [1.165, 1.54) is 16.8 Å². The SMILES string of the molecule is Cn1nnc(Br)c1C(C)(O)c1ccc(O)cc1. The summed E-state index contributed by atoms with van der Waals surface area (Å²) in [6.45, 7) is 1.66. The fourth-order valence-electron chi connectivity index (χ4n) is 1.77. The largest absolute Gasteiger partial charge is 0.508 e. The summed E-state index contributed by atoms with van der Waals surface area (Å²) in [5, 5.41) is 27.5. The van der Waals surface area contributed by atoms with Crippen LogP contribution in [0, 0.1) is 0 Å². The van der Waals surface area contributed by atoms with E-state index in [1.807, 2.05) is 0 Å². The number of phenols is 1. The Kier molecular flexibility index (Phi) is 2.92. The van der Waals surface area contributed by atoms with Crippen molar-refractivity contribution in [2.24, 2.45) is 7.05 Å². The first kappa shape index (κ1) is 12.1. The average Bonchev–Trinajstić information content (AvgIpc) is 2.59. The molecule has 17 heavy (non-hydrogen) atoms. The number of aryl methyl sites for hydroxylation is 1. The molecule has 6 heteroatoms. The number of nitrogens with zero attached hydrogens (tertiary/aromatic N) is 3. The number of aromatic hydroxyl groups is 1. The van der Waals surface area contributed by atoms with Gasteiger partial charge < -0.3 is 10.2 Å². The smallest absolute Gasteiger partial charge is 0.154 e. The molecule has 1 aromatic heterocycles. The highest BCUT2D eigenvalue weighted by Crippen LogP contribution is 2.33. The van der Waals surface area contributed by atoms with Crippen LogP contribution in [0.5, 0.6) is 5.75 Å². The molecule has 0 aliphatic heterocycles. The van der Waals surface area contributed by atoms with Crippen molar-refractivity contribution in [2.45, 2.75) is 12.5 Å². The molecule has 0 radical (unpaired) electrons. The van der Waals surface area contributed by atoms with Gasteiger partial charge in [0.05, 0.1) is 0 Å². The van der Waals surface area contributed by atoms with Crippen LogP contribution in [-0.2, 0) is 12.6 Å². The third-order valence-corrected chi connectivity index (χ3v) is 3.21. The summed E-state index contributed by atoms with van der Waals surface area (Å²) in [5.41, 5.74) is -0.0188. The van der Waals surface area contributed by atoms with E-state index in [0.29, 0.717) is 15.9 Å². The van der Waals surface area contributed by atoms with E-state index in [1.54, 1.807) is 26.1 Å². The van der Waals surface area contributed by atoms with Crippen molar-refractivity contribution in [3.8, 4) is 5.75 Å². The van der Waals surface area contributed by atoms with Crippen LogP contribution in [0.1, 0.15) is 18.2 Å². The van der Waals surface area contributed by atoms with Gasteiger partial charge in [0, 0.05) is 7.05 Å². The van der Waals surface area contributed by atoms with Crippen molar-refractivity contribution in [1.82, 2.24) is 15.0 Å². The molecule has 90 valence electrons. The minimum Gasteiger partial charge on any atom is -0.508 e. The predicted octanol–water partition coefficient (Wildman–Crippen LogP) is 1.54. The monoisotopic (exact) mass is 297 g/mol. The van der Waals surface area contributed by atoms with E-state index in [0.717, 1.165) is 0 Å². The number of hydrogen-bond donors (Lipinski definition) is 2. The van der Waals surface area contributed by atoms with Crippen molar-refractivity contribution in [3.05, 3.63) is 40.1 Å². The van der Waals surface area contributed by atoms with E-state index in [-0.39, 0.29) is 5.75 Å². The Labute approximate surface area is 107 Å². The van der Waals surface area contributed by atoms with E-state index in [9.17, 15) is 10.2 Å². The molecule has 0 saturated carbocycles. The van der Waals surface area contributed by atoms with E-state index in [2.05, 4.69) is 26.2 Å². The summed E-state index contributed by atoms with van der Waals surface area (Å²) in [6.07, 6.45) is 0. The highest BCUT2D eigenvalue weighted by Gasteiger charge is 2.32. The van der Waals surface area contributed by atoms with E-state index < -0.39 is 5.60 Å². The fraction of sp³-hybridized carbons (Fsp3) is 0.273. The number of phenolic OH excluding ortho intramolecular Hbond substituents is 1. The van der Waals surface area contributed by atoms with Crippen LogP contribution >= 0.6 is 15.9 Å². The molecule has 1 heterocycles. The second-order valence-electron chi connectivity index (χ2n) is 3.97.